The number of halogens is 1. The normalized spacial score (nSPS) is 13.4. The topological polar surface area (TPSA) is 66.5 Å². The molecule has 0 radical (unpaired) electrons. The summed E-state index contributed by atoms with van der Waals surface area (Å²) in [6, 6.07) is 19.3. The van der Waals surface area contributed by atoms with Gasteiger partial charge in [0.15, 0.2) is 0 Å². The highest BCUT2D eigenvalue weighted by Gasteiger charge is 2.32. The molecule has 1 heterocycles. The quantitative estimate of drug-likeness (QED) is 0.556. The average Bonchev–Trinajstić information content (AvgIpc) is 3.19. The number of anilines is 2. The number of carbonyl (C=O) groups is 1. The minimum Gasteiger partial charge on any atom is -0.322 e. The minimum absolute atomic E-state index is 0.0735. The van der Waals surface area contributed by atoms with Crippen LogP contribution in [-0.2, 0) is 16.4 Å². The van der Waals surface area contributed by atoms with Gasteiger partial charge in [-0.25, -0.2) is 8.42 Å². The van der Waals surface area contributed by atoms with Crippen molar-refractivity contribution in [2.24, 2.45) is 0 Å². The minimum atomic E-state index is -3.91. The molecule has 0 aromatic heterocycles. The molecule has 3 aromatic rings. The molecule has 1 aliphatic heterocycles. The second-order valence-corrected chi connectivity index (χ2v) is 10.0. The van der Waals surface area contributed by atoms with Gasteiger partial charge in [0.1, 0.15) is 4.90 Å². The fraction of sp³-hybridized carbons (Fsp3) is 0.208. The molecule has 1 N–H and O–H groups in total. The van der Waals surface area contributed by atoms with Crippen molar-refractivity contribution < 1.29 is 13.2 Å². The Morgan fingerprint density at radius 2 is 1.74 bits per heavy atom. The van der Waals surface area contributed by atoms with E-state index in [0.717, 1.165) is 11.1 Å². The Bertz CT molecular complexity index is 1260. The Labute approximate surface area is 187 Å². The van der Waals surface area contributed by atoms with E-state index in [4.69, 9.17) is 11.6 Å². The van der Waals surface area contributed by atoms with Gasteiger partial charge < -0.3 is 5.32 Å². The third-order valence-electron chi connectivity index (χ3n) is 5.44. The van der Waals surface area contributed by atoms with Crippen LogP contribution in [0.1, 0.15) is 41.3 Å². The van der Waals surface area contributed by atoms with Crippen LogP contribution < -0.4 is 9.62 Å². The van der Waals surface area contributed by atoms with E-state index in [0.29, 0.717) is 24.3 Å². The molecule has 5 nitrogen and oxygen atoms in total. The van der Waals surface area contributed by atoms with Gasteiger partial charge in [0.25, 0.3) is 15.9 Å². The number of amides is 1. The zero-order valence-electron chi connectivity index (χ0n) is 17.3. The van der Waals surface area contributed by atoms with E-state index in [2.05, 4.69) is 5.32 Å². The number of hydrogen-bond donors (Lipinski definition) is 1. The molecule has 1 amide bonds. The molecule has 0 bridgehead atoms. The van der Waals surface area contributed by atoms with Crippen molar-refractivity contribution in [2.75, 3.05) is 16.2 Å². The number of hydrogen-bond acceptors (Lipinski definition) is 3. The predicted molar refractivity (Wildman–Crippen MR) is 125 cm³/mol. The molecule has 0 fully saturated rings. The molecule has 160 valence electrons. The predicted octanol–water partition coefficient (Wildman–Crippen LogP) is 5.47. The van der Waals surface area contributed by atoms with Crippen LogP contribution in [0.15, 0.2) is 71.6 Å². The third-order valence-corrected chi connectivity index (χ3v) is 7.73. The average molecular weight is 455 g/mol. The Kier molecular flexibility index (Phi) is 5.77. The van der Waals surface area contributed by atoms with Crippen molar-refractivity contribution in [3.63, 3.8) is 0 Å². The van der Waals surface area contributed by atoms with Gasteiger partial charge in [0, 0.05) is 17.8 Å². The van der Waals surface area contributed by atoms with Crippen LogP contribution in [0, 0.1) is 0 Å². The molecule has 4 rings (SSSR count). The van der Waals surface area contributed by atoms with Crippen molar-refractivity contribution in [1.29, 1.82) is 0 Å². The number of sulfonamides is 1. The molecule has 7 heteroatoms. The molecule has 0 spiro atoms. The summed E-state index contributed by atoms with van der Waals surface area (Å²) < 4.78 is 28.2. The number of rotatable bonds is 5. The van der Waals surface area contributed by atoms with Crippen molar-refractivity contribution in [1.82, 2.24) is 0 Å². The maximum atomic E-state index is 13.4. The number of carbonyl (C=O) groups excluding carboxylic acids is 1. The fourth-order valence-corrected chi connectivity index (χ4v) is 5.83. The zero-order chi connectivity index (χ0) is 22.2. The summed E-state index contributed by atoms with van der Waals surface area (Å²) in [6.07, 6.45) is 0.638. The molecule has 0 atom stereocenters. The Hall–Kier alpha value is -2.83. The van der Waals surface area contributed by atoms with Crippen LogP contribution in [0.25, 0.3) is 0 Å². The number of para-hydroxylation sites is 2. The van der Waals surface area contributed by atoms with Gasteiger partial charge in [-0.05, 0) is 53.8 Å². The highest BCUT2D eigenvalue weighted by molar-refractivity contribution is 7.93. The molecule has 1 aliphatic rings. The van der Waals surface area contributed by atoms with Crippen molar-refractivity contribution in [2.45, 2.75) is 31.1 Å². The summed E-state index contributed by atoms with van der Waals surface area (Å²) in [4.78, 5) is 12.9. The van der Waals surface area contributed by atoms with Crippen LogP contribution >= 0.6 is 11.6 Å². The van der Waals surface area contributed by atoms with E-state index in [-0.39, 0.29) is 27.3 Å². The summed E-state index contributed by atoms with van der Waals surface area (Å²) in [6.45, 7) is 4.44. The van der Waals surface area contributed by atoms with Crippen LogP contribution in [0.3, 0.4) is 0 Å². The lowest BCUT2D eigenvalue weighted by molar-refractivity contribution is 0.102. The van der Waals surface area contributed by atoms with Crippen molar-refractivity contribution in [3.05, 3.63) is 88.4 Å². The van der Waals surface area contributed by atoms with Gasteiger partial charge in [-0.3, -0.25) is 9.10 Å². The first-order valence-electron chi connectivity index (χ1n) is 10.1. The first-order chi connectivity index (χ1) is 14.8. The van der Waals surface area contributed by atoms with Crippen molar-refractivity contribution >= 4 is 38.9 Å². The van der Waals surface area contributed by atoms with E-state index in [1.54, 1.807) is 6.07 Å². The first-order valence-corrected chi connectivity index (χ1v) is 11.9. The maximum absolute atomic E-state index is 13.4. The van der Waals surface area contributed by atoms with E-state index >= 15 is 0 Å². The number of nitrogens with zero attached hydrogens (tertiary/aromatic N) is 1. The molecule has 0 saturated carbocycles. The van der Waals surface area contributed by atoms with Gasteiger partial charge in [-0.1, -0.05) is 61.8 Å². The van der Waals surface area contributed by atoms with Gasteiger partial charge in [0.2, 0.25) is 0 Å². The highest BCUT2D eigenvalue weighted by Crippen LogP contribution is 2.35. The van der Waals surface area contributed by atoms with Gasteiger partial charge in [0.05, 0.1) is 10.7 Å². The lowest BCUT2D eigenvalue weighted by Crippen LogP contribution is -2.29. The largest absolute Gasteiger partial charge is 0.322 e. The summed E-state index contributed by atoms with van der Waals surface area (Å²) >= 11 is 6.28. The van der Waals surface area contributed by atoms with Crippen LogP contribution in [-0.4, -0.2) is 20.9 Å². The van der Waals surface area contributed by atoms with E-state index in [1.807, 2.05) is 56.3 Å². The fourth-order valence-electron chi connectivity index (χ4n) is 3.83. The molecule has 0 saturated heterocycles. The lowest BCUT2D eigenvalue weighted by atomic mass is 10.0. The number of benzene rings is 3. The monoisotopic (exact) mass is 454 g/mol. The van der Waals surface area contributed by atoms with E-state index < -0.39 is 10.0 Å². The van der Waals surface area contributed by atoms with Crippen LogP contribution in [0.2, 0.25) is 5.02 Å². The SMILES string of the molecule is CC(C)c1ccccc1NC(=O)c1ccc(Cl)c(S(=O)(=O)N2CCc3ccccc32)c1. The zero-order valence-corrected chi connectivity index (χ0v) is 18.9. The molecule has 31 heavy (non-hydrogen) atoms. The molecular formula is C24H23ClN2O3S. The van der Waals surface area contributed by atoms with E-state index in [1.165, 1.54) is 22.5 Å². The summed E-state index contributed by atoms with van der Waals surface area (Å²) in [7, 11) is -3.91. The van der Waals surface area contributed by atoms with Crippen LogP contribution in [0.5, 0.6) is 0 Å². The Morgan fingerprint density at radius 1 is 1.03 bits per heavy atom. The highest BCUT2D eigenvalue weighted by atomic mass is 35.5. The van der Waals surface area contributed by atoms with Gasteiger partial charge in [-0.15, -0.1) is 0 Å². The third kappa shape index (κ3) is 4.05. The molecule has 0 unspecified atom stereocenters. The molecule has 3 aromatic carbocycles. The standard InChI is InChI=1S/C24H23ClN2O3S/c1-16(2)19-8-4-5-9-21(19)26-24(28)18-11-12-20(25)23(15-18)31(29,30)27-14-13-17-7-3-6-10-22(17)27/h3-12,15-16H,13-14H2,1-2H3,(H,26,28). The summed E-state index contributed by atoms with van der Waals surface area (Å²) in [5.74, 6) is -0.157. The Balaban J connectivity index is 1.67. The van der Waals surface area contributed by atoms with Crippen LogP contribution in [0.4, 0.5) is 11.4 Å². The van der Waals surface area contributed by atoms with Gasteiger partial charge in [-0.2, -0.15) is 0 Å². The molecule has 0 aliphatic carbocycles. The first kappa shape index (κ1) is 21.4. The van der Waals surface area contributed by atoms with E-state index in [9.17, 15) is 13.2 Å². The maximum Gasteiger partial charge on any atom is 0.265 e. The second-order valence-electron chi connectivity index (χ2n) is 7.80. The Morgan fingerprint density at radius 3 is 2.52 bits per heavy atom. The summed E-state index contributed by atoms with van der Waals surface area (Å²) in [5, 5.41) is 2.99. The second kappa shape index (κ2) is 8.36. The molecular weight excluding hydrogens is 432 g/mol. The lowest BCUT2D eigenvalue weighted by Gasteiger charge is -2.21. The summed E-state index contributed by atoms with van der Waals surface area (Å²) in [5.41, 5.74) is 3.57. The smallest absolute Gasteiger partial charge is 0.265 e. The number of nitrogens with one attached hydrogen (secondary N) is 1. The number of fused-ring (bicyclic) bond motifs is 1. The van der Waals surface area contributed by atoms with Crippen molar-refractivity contribution in [3.8, 4) is 0 Å². The van der Waals surface area contributed by atoms with Gasteiger partial charge >= 0.3 is 0 Å².